The molecule has 1 aliphatic heterocycles. The summed E-state index contributed by atoms with van der Waals surface area (Å²) in [5, 5.41) is 9.07. The highest BCUT2D eigenvalue weighted by Gasteiger charge is 2.22. The number of amidine groups is 1. The van der Waals surface area contributed by atoms with Crippen LogP contribution in [0.5, 0.6) is 0 Å². The van der Waals surface area contributed by atoms with Gasteiger partial charge in [-0.2, -0.15) is 5.10 Å². The van der Waals surface area contributed by atoms with Crippen molar-refractivity contribution in [3.8, 4) is 0 Å². The zero-order valence-electron chi connectivity index (χ0n) is 12.3. The van der Waals surface area contributed by atoms with Gasteiger partial charge in [-0.15, -0.1) is 0 Å². The Balaban J connectivity index is 1.74. The SMILES string of the molecule is Cc1cc(C)n(CCCN=C2N[C@@H](C(C)C)CS2)n1. The molecule has 0 saturated carbocycles. The third-order valence-electron chi connectivity index (χ3n) is 3.40. The molecule has 0 amide bonds. The maximum atomic E-state index is 4.63. The Bertz CT molecular complexity index is 450. The van der Waals surface area contributed by atoms with Gasteiger partial charge in [0, 0.05) is 30.6 Å². The Kier molecular flexibility index (Phi) is 4.91. The summed E-state index contributed by atoms with van der Waals surface area (Å²) >= 11 is 1.85. The Labute approximate surface area is 120 Å². The molecule has 1 N–H and O–H groups in total. The fraction of sp³-hybridized carbons (Fsp3) is 0.714. The van der Waals surface area contributed by atoms with Crippen molar-refractivity contribution in [2.45, 2.75) is 46.7 Å². The molecule has 1 atom stereocenters. The molecule has 0 spiro atoms. The van der Waals surface area contributed by atoms with Gasteiger partial charge < -0.3 is 5.32 Å². The average molecular weight is 280 g/mol. The first-order chi connectivity index (χ1) is 9.06. The van der Waals surface area contributed by atoms with Crippen LogP contribution in [0.25, 0.3) is 0 Å². The fourth-order valence-electron chi connectivity index (χ4n) is 2.16. The number of nitrogens with zero attached hydrogens (tertiary/aromatic N) is 3. The van der Waals surface area contributed by atoms with Gasteiger partial charge in [0.05, 0.1) is 5.69 Å². The minimum absolute atomic E-state index is 0.583. The largest absolute Gasteiger partial charge is 0.361 e. The predicted octanol–water partition coefficient (Wildman–Crippen LogP) is 2.61. The van der Waals surface area contributed by atoms with E-state index < -0.39 is 0 Å². The first-order valence-corrected chi connectivity index (χ1v) is 7.99. The molecule has 19 heavy (non-hydrogen) atoms. The molecule has 1 aromatic heterocycles. The summed E-state index contributed by atoms with van der Waals surface area (Å²) < 4.78 is 2.07. The molecule has 0 radical (unpaired) electrons. The molecule has 106 valence electrons. The lowest BCUT2D eigenvalue weighted by atomic mass is 10.1. The van der Waals surface area contributed by atoms with Gasteiger partial charge in [0.15, 0.2) is 5.17 Å². The number of aryl methyl sites for hydroxylation is 3. The molecular weight excluding hydrogens is 256 g/mol. The van der Waals surface area contributed by atoms with Crippen LogP contribution in [0.2, 0.25) is 0 Å². The van der Waals surface area contributed by atoms with Crippen LogP contribution in [0.4, 0.5) is 0 Å². The maximum Gasteiger partial charge on any atom is 0.156 e. The standard InChI is InChI=1S/C14H24N4S/c1-10(2)13-9-19-14(16-13)15-6-5-7-18-12(4)8-11(3)17-18/h8,10,13H,5-7,9H2,1-4H3,(H,15,16)/t13-/m1/s1. The molecule has 1 saturated heterocycles. The molecule has 5 heteroatoms. The van der Waals surface area contributed by atoms with Gasteiger partial charge in [-0.05, 0) is 32.3 Å². The second-order valence-electron chi connectivity index (χ2n) is 5.50. The minimum Gasteiger partial charge on any atom is -0.361 e. The average Bonchev–Trinajstić information content (AvgIpc) is 2.92. The number of rotatable bonds is 5. The Morgan fingerprint density at radius 2 is 2.32 bits per heavy atom. The summed E-state index contributed by atoms with van der Waals surface area (Å²) in [6, 6.07) is 2.70. The highest BCUT2D eigenvalue weighted by Crippen LogP contribution is 2.18. The van der Waals surface area contributed by atoms with Crippen LogP contribution < -0.4 is 5.32 Å². The summed E-state index contributed by atoms with van der Waals surface area (Å²) in [6.45, 7) is 10.5. The number of hydrogen-bond donors (Lipinski definition) is 1. The van der Waals surface area contributed by atoms with Crippen molar-refractivity contribution in [2.24, 2.45) is 10.9 Å². The van der Waals surface area contributed by atoms with Crippen LogP contribution >= 0.6 is 11.8 Å². The molecule has 1 fully saturated rings. The van der Waals surface area contributed by atoms with Gasteiger partial charge in [-0.3, -0.25) is 9.67 Å². The molecule has 1 aliphatic rings. The van der Waals surface area contributed by atoms with Gasteiger partial charge in [-0.25, -0.2) is 0 Å². The van der Waals surface area contributed by atoms with Gasteiger partial charge in [0.1, 0.15) is 0 Å². The molecule has 0 bridgehead atoms. The summed E-state index contributed by atoms with van der Waals surface area (Å²) in [6.07, 6.45) is 1.04. The molecule has 0 aromatic carbocycles. The van der Waals surface area contributed by atoms with Gasteiger partial charge in [-0.1, -0.05) is 25.6 Å². The zero-order chi connectivity index (χ0) is 13.8. The van der Waals surface area contributed by atoms with E-state index in [0.29, 0.717) is 12.0 Å². The lowest BCUT2D eigenvalue weighted by Gasteiger charge is -2.13. The fourth-order valence-corrected chi connectivity index (χ4v) is 3.39. The van der Waals surface area contributed by atoms with Crippen LogP contribution in [0.3, 0.4) is 0 Å². The van der Waals surface area contributed by atoms with Gasteiger partial charge in [0.25, 0.3) is 0 Å². The van der Waals surface area contributed by atoms with E-state index >= 15 is 0 Å². The van der Waals surface area contributed by atoms with E-state index in [0.717, 1.165) is 36.1 Å². The number of thioether (sulfide) groups is 1. The lowest BCUT2D eigenvalue weighted by molar-refractivity contribution is 0.502. The van der Waals surface area contributed by atoms with E-state index in [-0.39, 0.29) is 0 Å². The maximum absolute atomic E-state index is 4.63. The van der Waals surface area contributed by atoms with Crippen molar-refractivity contribution in [3.05, 3.63) is 17.5 Å². The first kappa shape index (κ1) is 14.4. The minimum atomic E-state index is 0.583. The summed E-state index contributed by atoms with van der Waals surface area (Å²) in [4.78, 5) is 4.63. The monoisotopic (exact) mass is 280 g/mol. The Morgan fingerprint density at radius 1 is 1.53 bits per heavy atom. The second kappa shape index (κ2) is 6.46. The van der Waals surface area contributed by atoms with E-state index in [1.54, 1.807) is 0 Å². The van der Waals surface area contributed by atoms with Gasteiger partial charge >= 0.3 is 0 Å². The molecule has 0 unspecified atom stereocenters. The third-order valence-corrected chi connectivity index (χ3v) is 4.45. The number of nitrogens with one attached hydrogen (secondary N) is 1. The van der Waals surface area contributed by atoms with E-state index in [9.17, 15) is 0 Å². The van der Waals surface area contributed by atoms with Crippen molar-refractivity contribution in [2.75, 3.05) is 12.3 Å². The second-order valence-corrected chi connectivity index (χ2v) is 6.51. The van der Waals surface area contributed by atoms with E-state index in [2.05, 4.69) is 46.9 Å². The molecule has 4 nitrogen and oxygen atoms in total. The van der Waals surface area contributed by atoms with Crippen molar-refractivity contribution in [1.29, 1.82) is 0 Å². The number of hydrogen-bond acceptors (Lipinski definition) is 3. The quantitative estimate of drug-likeness (QED) is 0.843. The van der Waals surface area contributed by atoms with Crippen LogP contribution in [-0.2, 0) is 6.54 Å². The van der Waals surface area contributed by atoms with E-state index in [1.165, 1.54) is 5.69 Å². The normalized spacial score (nSPS) is 21.3. The van der Waals surface area contributed by atoms with Crippen LogP contribution in [-0.4, -0.2) is 33.3 Å². The van der Waals surface area contributed by atoms with Crippen LogP contribution in [0, 0.1) is 19.8 Å². The molecule has 2 heterocycles. The summed E-state index contributed by atoms with van der Waals surface area (Å²) in [5.74, 6) is 1.82. The van der Waals surface area contributed by atoms with Crippen molar-refractivity contribution in [1.82, 2.24) is 15.1 Å². The predicted molar refractivity (Wildman–Crippen MR) is 82.8 cm³/mol. The number of aromatic nitrogens is 2. The summed E-state index contributed by atoms with van der Waals surface area (Å²) in [7, 11) is 0. The Morgan fingerprint density at radius 3 is 2.89 bits per heavy atom. The molecule has 1 aromatic rings. The van der Waals surface area contributed by atoms with Crippen LogP contribution in [0.1, 0.15) is 31.7 Å². The van der Waals surface area contributed by atoms with Crippen molar-refractivity contribution >= 4 is 16.9 Å². The lowest BCUT2D eigenvalue weighted by Crippen LogP contribution is -2.31. The van der Waals surface area contributed by atoms with E-state index in [1.807, 2.05) is 18.7 Å². The van der Waals surface area contributed by atoms with E-state index in [4.69, 9.17) is 0 Å². The zero-order valence-corrected chi connectivity index (χ0v) is 13.1. The topological polar surface area (TPSA) is 42.2 Å². The van der Waals surface area contributed by atoms with Crippen molar-refractivity contribution in [3.63, 3.8) is 0 Å². The third kappa shape index (κ3) is 4.00. The number of aliphatic imine (C=N–C) groups is 1. The van der Waals surface area contributed by atoms with Crippen LogP contribution in [0.15, 0.2) is 11.1 Å². The highest BCUT2D eigenvalue weighted by atomic mass is 32.2. The molecular formula is C14H24N4S. The van der Waals surface area contributed by atoms with Crippen molar-refractivity contribution < 1.29 is 0 Å². The first-order valence-electron chi connectivity index (χ1n) is 7.01. The van der Waals surface area contributed by atoms with Gasteiger partial charge in [0.2, 0.25) is 0 Å². The highest BCUT2D eigenvalue weighted by molar-refractivity contribution is 8.14. The smallest absolute Gasteiger partial charge is 0.156 e. The Hall–Kier alpha value is -0.970. The molecule has 0 aliphatic carbocycles. The summed E-state index contributed by atoms with van der Waals surface area (Å²) in [5.41, 5.74) is 2.33. The molecule has 2 rings (SSSR count).